The molecule has 2 aromatic carbocycles. The number of hydrogen-bond donors (Lipinski definition) is 1. The Kier molecular flexibility index (Phi) is 6.43. The number of sulfonamides is 1. The lowest BCUT2D eigenvalue weighted by Crippen LogP contribution is -2.28. The third kappa shape index (κ3) is 4.40. The van der Waals surface area contributed by atoms with Crippen molar-refractivity contribution in [2.45, 2.75) is 43.9 Å². The van der Waals surface area contributed by atoms with Gasteiger partial charge in [0.15, 0.2) is 0 Å². The number of halogens is 1. The van der Waals surface area contributed by atoms with Crippen LogP contribution in [0.3, 0.4) is 0 Å². The van der Waals surface area contributed by atoms with E-state index in [1.54, 1.807) is 0 Å². The van der Waals surface area contributed by atoms with Crippen LogP contribution in [0.15, 0.2) is 47.4 Å². The number of benzene rings is 2. The van der Waals surface area contributed by atoms with Crippen LogP contribution in [0.2, 0.25) is 5.02 Å². The third-order valence-electron chi connectivity index (χ3n) is 5.24. The smallest absolute Gasteiger partial charge is 0.257 e. The van der Waals surface area contributed by atoms with Crippen molar-refractivity contribution in [3.8, 4) is 0 Å². The lowest BCUT2D eigenvalue weighted by molar-refractivity contribution is 0.102. The molecular weight excluding hydrogens is 396 g/mol. The molecule has 150 valence electrons. The standard InChI is InChI=1S/C21H25ClN2O3S/c1-3-15(2)16-6-8-17(9-7-16)23-21(25)19-14-18(10-11-20(19)22)28(26,27)24-12-4-5-13-24/h6-11,14-15H,3-5,12-13H2,1-2H3,(H,23,25). The first-order valence-corrected chi connectivity index (χ1v) is 11.4. The summed E-state index contributed by atoms with van der Waals surface area (Å²) < 4.78 is 27.0. The molecule has 1 aliphatic heterocycles. The van der Waals surface area contributed by atoms with E-state index in [0.717, 1.165) is 19.3 Å². The molecule has 0 saturated carbocycles. The maximum Gasteiger partial charge on any atom is 0.257 e. The summed E-state index contributed by atoms with van der Waals surface area (Å²) in [5.41, 5.74) is 1.99. The molecule has 1 unspecified atom stereocenters. The molecule has 1 N–H and O–H groups in total. The molecule has 7 heteroatoms. The topological polar surface area (TPSA) is 66.5 Å². The second-order valence-corrected chi connectivity index (χ2v) is 9.48. The van der Waals surface area contributed by atoms with Crippen molar-refractivity contribution >= 4 is 33.2 Å². The summed E-state index contributed by atoms with van der Waals surface area (Å²) in [7, 11) is -3.61. The van der Waals surface area contributed by atoms with Crippen LogP contribution in [0.25, 0.3) is 0 Å². The zero-order valence-corrected chi connectivity index (χ0v) is 17.7. The van der Waals surface area contributed by atoms with E-state index in [9.17, 15) is 13.2 Å². The molecular formula is C21H25ClN2O3S. The predicted molar refractivity (Wildman–Crippen MR) is 113 cm³/mol. The number of hydrogen-bond acceptors (Lipinski definition) is 3. The number of nitrogens with zero attached hydrogens (tertiary/aromatic N) is 1. The summed E-state index contributed by atoms with van der Waals surface area (Å²) in [5.74, 6) is 0.0198. The monoisotopic (exact) mass is 420 g/mol. The first-order valence-electron chi connectivity index (χ1n) is 9.54. The number of carbonyl (C=O) groups excluding carboxylic acids is 1. The summed E-state index contributed by atoms with van der Waals surface area (Å²) in [4.78, 5) is 12.8. The molecule has 0 radical (unpaired) electrons. The van der Waals surface area contributed by atoms with Gasteiger partial charge in [0.05, 0.1) is 15.5 Å². The van der Waals surface area contributed by atoms with Crippen molar-refractivity contribution in [3.05, 3.63) is 58.6 Å². The van der Waals surface area contributed by atoms with Gasteiger partial charge in [-0.3, -0.25) is 4.79 Å². The SMILES string of the molecule is CCC(C)c1ccc(NC(=O)c2cc(S(=O)(=O)N3CCCC3)ccc2Cl)cc1. The van der Waals surface area contributed by atoms with E-state index in [-0.39, 0.29) is 15.5 Å². The van der Waals surface area contributed by atoms with Gasteiger partial charge in [0, 0.05) is 18.8 Å². The van der Waals surface area contributed by atoms with Gasteiger partial charge in [-0.1, -0.05) is 37.6 Å². The van der Waals surface area contributed by atoms with Crippen LogP contribution in [-0.4, -0.2) is 31.7 Å². The molecule has 3 rings (SSSR count). The van der Waals surface area contributed by atoms with Gasteiger partial charge in [0.25, 0.3) is 5.91 Å². The summed E-state index contributed by atoms with van der Waals surface area (Å²) in [6.07, 6.45) is 2.75. The van der Waals surface area contributed by atoms with E-state index in [4.69, 9.17) is 11.6 Å². The molecule has 1 aliphatic rings. The fourth-order valence-electron chi connectivity index (χ4n) is 3.25. The van der Waals surface area contributed by atoms with Crippen molar-refractivity contribution in [2.24, 2.45) is 0 Å². The third-order valence-corrected chi connectivity index (χ3v) is 7.46. The first kappa shape index (κ1) is 20.8. The minimum atomic E-state index is -3.61. The molecule has 2 aromatic rings. The maximum absolute atomic E-state index is 12.8. The average Bonchev–Trinajstić information content (AvgIpc) is 3.24. The van der Waals surface area contributed by atoms with Gasteiger partial charge in [0.2, 0.25) is 10.0 Å². The van der Waals surface area contributed by atoms with Gasteiger partial charge in [-0.05, 0) is 61.1 Å². The van der Waals surface area contributed by atoms with Crippen LogP contribution in [0.1, 0.15) is 54.9 Å². The predicted octanol–water partition coefficient (Wildman–Crippen LogP) is 4.89. The molecule has 1 saturated heterocycles. The number of anilines is 1. The normalized spacial score (nSPS) is 16.1. The van der Waals surface area contributed by atoms with E-state index in [1.807, 2.05) is 24.3 Å². The summed E-state index contributed by atoms with van der Waals surface area (Å²) in [6.45, 7) is 5.30. The van der Waals surface area contributed by atoms with Gasteiger partial charge in [-0.15, -0.1) is 0 Å². The molecule has 0 aromatic heterocycles. The Hall–Kier alpha value is -1.89. The van der Waals surface area contributed by atoms with Gasteiger partial charge in [-0.2, -0.15) is 4.31 Å². The van der Waals surface area contributed by atoms with Crippen LogP contribution in [0.5, 0.6) is 0 Å². The van der Waals surface area contributed by atoms with Crippen LogP contribution in [0.4, 0.5) is 5.69 Å². The van der Waals surface area contributed by atoms with Crippen molar-refractivity contribution in [2.75, 3.05) is 18.4 Å². The maximum atomic E-state index is 12.8. The molecule has 1 fully saturated rings. The Labute approximate surface area is 171 Å². The average molecular weight is 421 g/mol. The number of carbonyl (C=O) groups is 1. The lowest BCUT2D eigenvalue weighted by atomic mass is 9.98. The largest absolute Gasteiger partial charge is 0.322 e. The second-order valence-electron chi connectivity index (χ2n) is 7.14. The highest BCUT2D eigenvalue weighted by molar-refractivity contribution is 7.89. The molecule has 1 heterocycles. The Morgan fingerprint density at radius 2 is 1.79 bits per heavy atom. The first-order chi connectivity index (χ1) is 13.3. The zero-order valence-electron chi connectivity index (χ0n) is 16.1. The van der Waals surface area contributed by atoms with Crippen LogP contribution < -0.4 is 5.32 Å². The Morgan fingerprint density at radius 3 is 2.39 bits per heavy atom. The minimum Gasteiger partial charge on any atom is -0.322 e. The molecule has 0 spiro atoms. The molecule has 0 aliphatic carbocycles. The quantitative estimate of drug-likeness (QED) is 0.723. The van der Waals surface area contributed by atoms with E-state index < -0.39 is 15.9 Å². The Morgan fingerprint density at radius 1 is 1.14 bits per heavy atom. The zero-order chi connectivity index (χ0) is 20.3. The fourth-order valence-corrected chi connectivity index (χ4v) is 4.99. The summed E-state index contributed by atoms with van der Waals surface area (Å²) in [6, 6.07) is 11.9. The highest BCUT2D eigenvalue weighted by Gasteiger charge is 2.28. The fraction of sp³-hybridized carbons (Fsp3) is 0.381. The van der Waals surface area contributed by atoms with E-state index in [0.29, 0.717) is 24.7 Å². The summed E-state index contributed by atoms with van der Waals surface area (Å²) >= 11 is 6.18. The van der Waals surface area contributed by atoms with Crippen molar-refractivity contribution in [3.63, 3.8) is 0 Å². The molecule has 28 heavy (non-hydrogen) atoms. The van der Waals surface area contributed by atoms with Crippen molar-refractivity contribution < 1.29 is 13.2 Å². The molecule has 1 atom stereocenters. The van der Waals surface area contributed by atoms with Crippen molar-refractivity contribution in [1.29, 1.82) is 0 Å². The minimum absolute atomic E-state index is 0.0936. The van der Waals surface area contributed by atoms with E-state index in [2.05, 4.69) is 19.2 Å². The van der Waals surface area contributed by atoms with Crippen LogP contribution >= 0.6 is 11.6 Å². The van der Waals surface area contributed by atoms with Gasteiger partial charge < -0.3 is 5.32 Å². The van der Waals surface area contributed by atoms with Gasteiger partial charge in [0.1, 0.15) is 0 Å². The second kappa shape index (κ2) is 8.64. The Balaban J connectivity index is 1.82. The molecule has 0 bridgehead atoms. The number of amides is 1. The summed E-state index contributed by atoms with van der Waals surface area (Å²) in [5, 5.41) is 3.02. The van der Waals surface area contributed by atoms with E-state index in [1.165, 1.54) is 28.1 Å². The van der Waals surface area contributed by atoms with Crippen LogP contribution in [-0.2, 0) is 10.0 Å². The lowest BCUT2D eigenvalue weighted by Gasteiger charge is -2.16. The van der Waals surface area contributed by atoms with Gasteiger partial charge >= 0.3 is 0 Å². The van der Waals surface area contributed by atoms with Crippen LogP contribution in [0, 0.1) is 0 Å². The highest BCUT2D eigenvalue weighted by Crippen LogP contribution is 2.26. The highest BCUT2D eigenvalue weighted by atomic mass is 35.5. The molecule has 1 amide bonds. The number of nitrogens with one attached hydrogen (secondary N) is 1. The Bertz CT molecular complexity index is 952. The van der Waals surface area contributed by atoms with Crippen molar-refractivity contribution in [1.82, 2.24) is 4.31 Å². The molecule has 5 nitrogen and oxygen atoms in total. The van der Waals surface area contributed by atoms with Gasteiger partial charge in [-0.25, -0.2) is 8.42 Å². The van der Waals surface area contributed by atoms with E-state index >= 15 is 0 Å². The number of rotatable bonds is 6.